The smallest absolute Gasteiger partial charge is 0.242 e. The highest BCUT2D eigenvalue weighted by atomic mass is 79.9. The number of piperidine rings is 1. The lowest BCUT2D eigenvalue weighted by Crippen LogP contribution is -2.39. The first-order valence-corrected chi connectivity index (χ1v) is 9.43. The van der Waals surface area contributed by atoms with E-state index in [1.54, 1.807) is 12.1 Å². The molecule has 1 aromatic carbocycles. The van der Waals surface area contributed by atoms with Gasteiger partial charge in [0, 0.05) is 17.6 Å². The van der Waals surface area contributed by atoms with E-state index in [-0.39, 0.29) is 10.6 Å². The molecule has 118 valence electrons. The summed E-state index contributed by atoms with van der Waals surface area (Å²) < 4.78 is 27.9. The summed E-state index contributed by atoms with van der Waals surface area (Å²) in [6.45, 7) is 5.49. The van der Waals surface area contributed by atoms with Crippen LogP contribution in [0.3, 0.4) is 0 Å². The van der Waals surface area contributed by atoms with Crippen LogP contribution in [0.15, 0.2) is 27.6 Å². The second-order valence-electron chi connectivity index (χ2n) is 5.60. The van der Waals surface area contributed by atoms with E-state index in [1.807, 2.05) is 0 Å². The molecule has 0 unspecified atom stereocenters. The van der Waals surface area contributed by atoms with Crippen LogP contribution in [0.1, 0.15) is 19.8 Å². The summed E-state index contributed by atoms with van der Waals surface area (Å²) >= 11 is 3.27. The lowest BCUT2D eigenvalue weighted by Gasteiger charge is -2.30. The molecule has 0 bridgehead atoms. The van der Waals surface area contributed by atoms with Crippen molar-refractivity contribution in [2.24, 2.45) is 5.92 Å². The predicted octanol–water partition coefficient (Wildman–Crippen LogP) is 2.04. The van der Waals surface area contributed by atoms with E-state index < -0.39 is 10.0 Å². The van der Waals surface area contributed by atoms with Crippen molar-refractivity contribution in [1.82, 2.24) is 9.62 Å². The molecular formula is C14H22BrN3O2S. The maximum atomic E-state index is 12.3. The zero-order valence-electron chi connectivity index (χ0n) is 12.2. The number of benzene rings is 1. The molecule has 5 nitrogen and oxygen atoms in total. The van der Waals surface area contributed by atoms with Crippen LogP contribution in [0.5, 0.6) is 0 Å². The molecule has 1 fully saturated rings. The summed E-state index contributed by atoms with van der Waals surface area (Å²) in [6.07, 6.45) is 2.37. The van der Waals surface area contributed by atoms with Crippen molar-refractivity contribution in [3.8, 4) is 0 Å². The minimum atomic E-state index is -3.56. The summed E-state index contributed by atoms with van der Waals surface area (Å²) in [5.41, 5.74) is 6.02. The third-order valence-electron chi connectivity index (χ3n) is 3.86. The molecule has 21 heavy (non-hydrogen) atoms. The number of nitrogens with one attached hydrogen (secondary N) is 1. The van der Waals surface area contributed by atoms with Gasteiger partial charge in [0.25, 0.3) is 0 Å². The van der Waals surface area contributed by atoms with Crippen LogP contribution in [0.4, 0.5) is 5.69 Å². The van der Waals surface area contributed by atoms with Crippen molar-refractivity contribution in [1.29, 1.82) is 0 Å². The summed E-state index contributed by atoms with van der Waals surface area (Å²) in [5.74, 6) is 0.777. The standard InChI is InChI=1S/C14H22BrN3O2S/c1-11-4-7-18(8-5-11)9-6-17-21(19,20)14-10-12(15)2-3-13(14)16/h2-3,10-11,17H,4-9,16H2,1H3. The van der Waals surface area contributed by atoms with E-state index in [4.69, 9.17) is 5.73 Å². The highest BCUT2D eigenvalue weighted by molar-refractivity contribution is 9.10. The molecule has 0 saturated carbocycles. The molecule has 1 aliphatic heterocycles. The Bertz CT molecular complexity index is 584. The maximum Gasteiger partial charge on any atom is 0.242 e. The van der Waals surface area contributed by atoms with Gasteiger partial charge in [-0.2, -0.15) is 0 Å². The molecule has 1 heterocycles. The zero-order chi connectivity index (χ0) is 15.5. The van der Waals surface area contributed by atoms with Crippen LogP contribution in [-0.2, 0) is 10.0 Å². The topological polar surface area (TPSA) is 75.4 Å². The van der Waals surface area contributed by atoms with Crippen LogP contribution in [0, 0.1) is 5.92 Å². The Labute approximate surface area is 135 Å². The number of rotatable bonds is 5. The van der Waals surface area contributed by atoms with Gasteiger partial charge in [-0.3, -0.25) is 0 Å². The Morgan fingerprint density at radius 2 is 2.05 bits per heavy atom. The number of nitrogen functional groups attached to an aromatic ring is 1. The van der Waals surface area contributed by atoms with Crippen molar-refractivity contribution in [2.45, 2.75) is 24.7 Å². The maximum absolute atomic E-state index is 12.3. The summed E-state index contributed by atoms with van der Waals surface area (Å²) in [4.78, 5) is 2.43. The molecule has 1 saturated heterocycles. The number of likely N-dealkylation sites (tertiary alicyclic amines) is 1. The van der Waals surface area contributed by atoms with E-state index in [0.717, 1.165) is 25.6 Å². The molecule has 0 aliphatic carbocycles. The van der Waals surface area contributed by atoms with Crippen LogP contribution in [0.25, 0.3) is 0 Å². The van der Waals surface area contributed by atoms with Gasteiger partial charge in [-0.05, 0) is 50.0 Å². The fraction of sp³-hybridized carbons (Fsp3) is 0.571. The van der Waals surface area contributed by atoms with Crippen LogP contribution >= 0.6 is 15.9 Å². The largest absolute Gasteiger partial charge is 0.398 e. The average molecular weight is 376 g/mol. The van der Waals surface area contributed by atoms with Gasteiger partial charge in [0.2, 0.25) is 10.0 Å². The normalized spacial score (nSPS) is 18.0. The fourth-order valence-electron chi connectivity index (χ4n) is 2.44. The van der Waals surface area contributed by atoms with Gasteiger partial charge >= 0.3 is 0 Å². The van der Waals surface area contributed by atoms with Gasteiger partial charge in [0.05, 0.1) is 5.69 Å². The van der Waals surface area contributed by atoms with Crippen molar-refractivity contribution >= 4 is 31.6 Å². The molecule has 0 atom stereocenters. The molecule has 1 aliphatic rings. The van der Waals surface area contributed by atoms with Crippen LogP contribution in [-0.4, -0.2) is 39.5 Å². The molecule has 0 aromatic heterocycles. The number of hydrogen-bond acceptors (Lipinski definition) is 4. The van der Waals surface area contributed by atoms with Gasteiger partial charge < -0.3 is 10.6 Å². The summed E-state index contributed by atoms with van der Waals surface area (Å²) in [7, 11) is -3.56. The number of sulfonamides is 1. The summed E-state index contributed by atoms with van der Waals surface area (Å²) in [5, 5.41) is 0. The first-order valence-electron chi connectivity index (χ1n) is 7.15. The van der Waals surface area contributed by atoms with Crippen LogP contribution < -0.4 is 10.5 Å². The summed E-state index contributed by atoms with van der Waals surface area (Å²) in [6, 6.07) is 4.84. The average Bonchev–Trinajstić information content (AvgIpc) is 2.43. The number of nitrogens with zero attached hydrogens (tertiary/aromatic N) is 1. The minimum absolute atomic E-state index is 0.129. The number of hydrogen-bond donors (Lipinski definition) is 2. The molecule has 7 heteroatoms. The fourth-order valence-corrected chi connectivity index (χ4v) is 4.13. The van der Waals surface area contributed by atoms with E-state index in [0.29, 0.717) is 11.0 Å². The highest BCUT2D eigenvalue weighted by Gasteiger charge is 2.19. The first kappa shape index (κ1) is 16.7. The second-order valence-corrected chi connectivity index (χ2v) is 8.26. The van der Waals surface area contributed by atoms with Crippen LogP contribution in [0.2, 0.25) is 0 Å². The Morgan fingerprint density at radius 3 is 2.71 bits per heavy atom. The monoisotopic (exact) mass is 375 g/mol. The Kier molecular flexibility index (Phi) is 5.65. The Hall–Kier alpha value is -0.630. The van der Waals surface area contributed by atoms with Crippen molar-refractivity contribution < 1.29 is 8.42 Å². The van der Waals surface area contributed by atoms with Gasteiger partial charge in [-0.25, -0.2) is 13.1 Å². The predicted molar refractivity (Wildman–Crippen MR) is 88.6 cm³/mol. The Balaban J connectivity index is 1.91. The third kappa shape index (κ3) is 4.67. The number of nitrogens with two attached hydrogens (primary N) is 1. The Morgan fingerprint density at radius 1 is 1.38 bits per heavy atom. The van der Waals surface area contributed by atoms with Gasteiger partial charge in [-0.15, -0.1) is 0 Å². The molecule has 0 amide bonds. The van der Waals surface area contributed by atoms with E-state index in [2.05, 4.69) is 32.5 Å². The molecule has 1 aromatic rings. The molecule has 2 rings (SSSR count). The van der Waals surface area contributed by atoms with Crippen molar-refractivity contribution in [2.75, 3.05) is 31.9 Å². The first-order chi connectivity index (χ1) is 9.88. The molecule has 3 N–H and O–H groups in total. The molecule has 0 radical (unpaired) electrons. The van der Waals surface area contributed by atoms with Crippen molar-refractivity contribution in [3.63, 3.8) is 0 Å². The lowest BCUT2D eigenvalue weighted by molar-refractivity contribution is 0.195. The SMILES string of the molecule is CC1CCN(CCNS(=O)(=O)c2cc(Br)ccc2N)CC1. The highest BCUT2D eigenvalue weighted by Crippen LogP contribution is 2.22. The third-order valence-corrected chi connectivity index (χ3v) is 5.87. The van der Waals surface area contributed by atoms with Crippen molar-refractivity contribution in [3.05, 3.63) is 22.7 Å². The number of halogens is 1. The zero-order valence-corrected chi connectivity index (χ0v) is 14.6. The van der Waals surface area contributed by atoms with Gasteiger partial charge in [-0.1, -0.05) is 22.9 Å². The minimum Gasteiger partial charge on any atom is -0.398 e. The van der Waals surface area contributed by atoms with E-state index in [9.17, 15) is 8.42 Å². The van der Waals surface area contributed by atoms with E-state index in [1.165, 1.54) is 18.9 Å². The van der Waals surface area contributed by atoms with Gasteiger partial charge in [0.1, 0.15) is 4.90 Å². The van der Waals surface area contributed by atoms with E-state index >= 15 is 0 Å². The quantitative estimate of drug-likeness (QED) is 0.772. The van der Waals surface area contributed by atoms with Gasteiger partial charge in [0.15, 0.2) is 0 Å². The molecular weight excluding hydrogens is 354 g/mol. The second kappa shape index (κ2) is 7.09. The molecule has 0 spiro atoms. The number of anilines is 1. The lowest BCUT2D eigenvalue weighted by atomic mass is 9.99.